The SMILES string of the molecule is Cc1nn(C)c(CC2(CNC(C)(C)C)CCOCC2)c1Cl. The Labute approximate surface area is 133 Å². The van der Waals surface area contributed by atoms with Crippen LogP contribution in [-0.2, 0) is 18.2 Å². The van der Waals surface area contributed by atoms with Gasteiger partial charge in [-0.05, 0) is 52.4 Å². The van der Waals surface area contributed by atoms with Gasteiger partial charge in [0.1, 0.15) is 0 Å². The summed E-state index contributed by atoms with van der Waals surface area (Å²) in [7, 11) is 1.98. The van der Waals surface area contributed by atoms with Crippen LogP contribution in [0, 0.1) is 12.3 Å². The van der Waals surface area contributed by atoms with Crippen LogP contribution >= 0.6 is 11.6 Å². The maximum absolute atomic E-state index is 6.45. The number of halogens is 1. The zero-order valence-corrected chi connectivity index (χ0v) is 14.7. The maximum Gasteiger partial charge on any atom is 0.0847 e. The molecule has 0 unspecified atom stereocenters. The van der Waals surface area contributed by atoms with Crippen molar-refractivity contribution in [1.82, 2.24) is 15.1 Å². The number of hydrogen-bond acceptors (Lipinski definition) is 3. The molecule has 0 spiro atoms. The standard InChI is InChI=1S/C16H28ClN3O/c1-12-14(17)13(20(5)19-12)10-16(6-8-21-9-7-16)11-18-15(2,3)4/h18H,6-11H2,1-5H3. The summed E-state index contributed by atoms with van der Waals surface area (Å²) in [6.45, 7) is 11.3. The molecule has 0 amide bonds. The van der Waals surface area contributed by atoms with Crippen molar-refractivity contribution in [1.29, 1.82) is 0 Å². The molecule has 0 aliphatic carbocycles. The number of nitrogens with one attached hydrogen (secondary N) is 1. The molecule has 120 valence electrons. The van der Waals surface area contributed by atoms with Gasteiger partial charge in [0.05, 0.1) is 16.4 Å². The van der Waals surface area contributed by atoms with Gasteiger partial charge in [-0.3, -0.25) is 4.68 Å². The van der Waals surface area contributed by atoms with Crippen molar-refractivity contribution in [2.24, 2.45) is 12.5 Å². The second-order valence-corrected chi connectivity index (χ2v) is 7.74. The summed E-state index contributed by atoms with van der Waals surface area (Å²) < 4.78 is 7.51. The summed E-state index contributed by atoms with van der Waals surface area (Å²) in [5, 5.41) is 8.94. The highest BCUT2D eigenvalue weighted by atomic mass is 35.5. The second-order valence-electron chi connectivity index (χ2n) is 7.36. The summed E-state index contributed by atoms with van der Waals surface area (Å²) in [6.07, 6.45) is 3.09. The summed E-state index contributed by atoms with van der Waals surface area (Å²) >= 11 is 6.45. The highest BCUT2D eigenvalue weighted by Crippen LogP contribution is 2.36. The van der Waals surface area contributed by atoms with Crippen molar-refractivity contribution in [3.8, 4) is 0 Å². The Morgan fingerprint density at radius 1 is 1.33 bits per heavy atom. The van der Waals surface area contributed by atoms with E-state index in [4.69, 9.17) is 16.3 Å². The minimum absolute atomic E-state index is 0.122. The van der Waals surface area contributed by atoms with E-state index in [-0.39, 0.29) is 11.0 Å². The van der Waals surface area contributed by atoms with Gasteiger partial charge in [0.15, 0.2) is 0 Å². The van der Waals surface area contributed by atoms with Gasteiger partial charge < -0.3 is 10.1 Å². The first kappa shape index (κ1) is 16.8. The first-order chi connectivity index (χ1) is 9.72. The monoisotopic (exact) mass is 313 g/mol. The Bertz CT molecular complexity index is 484. The van der Waals surface area contributed by atoms with E-state index in [1.54, 1.807) is 0 Å². The average molecular weight is 314 g/mol. The average Bonchev–Trinajstić information content (AvgIpc) is 2.64. The van der Waals surface area contributed by atoms with Crippen LogP contribution in [0.3, 0.4) is 0 Å². The van der Waals surface area contributed by atoms with Crippen LogP contribution in [0.2, 0.25) is 5.02 Å². The molecule has 2 heterocycles. The van der Waals surface area contributed by atoms with Crippen LogP contribution in [0.4, 0.5) is 0 Å². The third kappa shape index (κ3) is 4.21. The lowest BCUT2D eigenvalue weighted by molar-refractivity contribution is 0.0113. The Balaban J connectivity index is 2.19. The molecule has 5 heteroatoms. The van der Waals surface area contributed by atoms with Crippen molar-refractivity contribution in [2.75, 3.05) is 19.8 Å². The molecule has 1 aromatic rings. The molecule has 1 saturated heterocycles. The third-order valence-electron chi connectivity index (χ3n) is 4.35. The number of aromatic nitrogens is 2. The number of nitrogens with zero attached hydrogens (tertiary/aromatic N) is 2. The first-order valence-electron chi connectivity index (χ1n) is 7.73. The number of ether oxygens (including phenoxy) is 1. The maximum atomic E-state index is 6.45. The van der Waals surface area contributed by atoms with Gasteiger partial charge in [0.25, 0.3) is 0 Å². The molecule has 0 saturated carbocycles. The zero-order valence-electron chi connectivity index (χ0n) is 13.9. The molecule has 0 atom stereocenters. The normalized spacial score (nSPS) is 19.0. The van der Waals surface area contributed by atoms with Gasteiger partial charge in [0.2, 0.25) is 0 Å². The largest absolute Gasteiger partial charge is 0.381 e. The van der Waals surface area contributed by atoms with Crippen molar-refractivity contribution in [2.45, 2.75) is 52.5 Å². The third-order valence-corrected chi connectivity index (χ3v) is 4.84. The molecule has 1 aliphatic heterocycles. The zero-order chi connectivity index (χ0) is 15.7. The number of hydrogen-bond donors (Lipinski definition) is 1. The summed E-state index contributed by atoms with van der Waals surface area (Å²) in [4.78, 5) is 0. The van der Waals surface area contributed by atoms with Gasteiger partial charge >= 0.3 is 0 Å². The number of aryl methyl sites for hydroxylation is 2. The topological polar surface area (TPSA) is 39.1 Å². The van der Waals surface area contributed by atoms with E-state index >= 15 is 0 Å². The van der Waals surface area contributed by atoms with E-state index in [0.29, 0.717) is 0 Å². The molecule has 0 aromatic carbocycles. The van der Waals surface area contributed by atoms with Gasteiger partial charge in [0, 0.05) is 32.3 Å². The Morgan fingerprint density at radius 2 is 1.95 bits per heavy atom. The molecule has 1 aromatic heterocycles. The molecule has 21 heavy (non-hydrogen) atoms. The Kier molecular flexibility index (Phi) is 5.01. The first-order valence-corrected chi connectivity index (χ1v) is 8.11. The fourth-order valence-electron chi connectivity index (χ4n) is 2.90. The minimum Gasteiger partial charge on any atom is -0.381 e. The van der Waals surface area contributed by atoms with Crippen molar-refractivity contribution in [3.63, 3.8) is 0 Å². The molecule has 0 radical (unpaired) electrons. The number of rotatable bonds is 4. The predicted octanol–water partition coefficient (Wildman–Crippen LogP) is 3.11. The van der Waals surface area contributed by atoms with E-state index in [1.165, 1.54) is 0 Å². The second kappa shape index (κ2) is 6.27. The molecular weight excluding hydrogens is 286 g/mol. The van der Waals surface area contributed by atoms with Gasteiger partial charge in [-0.25, -0.2) is 0 Å². The summed E-state index contributed by atoms with van der Waals surface area (Å²) in [5.74, 6) is 0. The lowest BCUT2D eigenvalue weighted by Crippen LogP contribution is -2.47. The van der Waals surface area contributed by atoms with Crippen LogP contribution in [0.1, 0.15) is 45.0 Å². The van der Waals surface area contributed by atoms with E-state index in [0.717, 1.165) is 55.4 Å². The van der Waals surface area contributed by atoms with Crippen LogP contribution in [0.15, 0.2) is 0 Å². The van der Waals surface area contributed by atoms with Crippen molar-refractivity contribution < 1.29 is 4.74 Å². The van der Waals surface area contributed by atoms with Gasteiger partial charge in [-0.2, -0.15) is 5.10 Å². The van der Waals surface area contributed by atoms with E-state index < -0.39 is 0 Å². The van der Waals surface area contributed by atoms with Gasteiger partial charge in [-0.1, -0.05) is 11.6 Å². The van der Waals surface area contributed by atoms with Crippen LogP contribution < -0.4 is 5.32 Å². The molecule has 1 aliphatic rings. The molecular formula is C16H28ClN3O. The fraction of sp³-hybridized carbons (Fsp3) is 0.812. The van der Waals surface area contributed by atoms with Crippen LogP contribution in [0.25, 0.3) is 0 Å². The lowest BCUT2D eigenvalue weighted by Gasteiger charge is -2.39. The fourth-order valence-corrected chi connectivity index (χ4v) is 3.13. The molecule has 4 nitrogen and oxygen atoms in total. The van der Waals surface area contributed by atoms with E-state index in [1.807, 2.05) is 18.7 Å². The van der Waals surface area contributed by atoms with Crippen molar-refractivity contribution >= 4 is 11.6 Å². The Hall–Kier alpha value is -0.580. The van der Waals surface area contributed by atoms with Crippen LogP contribution in [-0.4, -0.2) is 35.1 Å². The predicted molar refractivity (Wildman–Crippen MR) is 86.9 cm³/mol. The lowest BCUT2D eigenvalue weighted by atomic mass is 9.75. The highest BCUT2D eigenvalue weighted by Gasteiger charge is 2.35. The molecule has 1 N–H and O–H groups in total. The smallest absolute Gasteiger partial charge is 0.0847 e. The highest BCUT2D eigenvalue weighted by molar-refractivity contribution is 6.31. The molecule has 0 bridgehead atoms. The summed E-state index contributed by atoms with van der Waals surface area (Å²) in [5.41, 5.74) is 2.39. The van der Waals surface area contributed by atoms with Gasteiger partial charge in [-0.15, -0.1) is 0 Å². The molecule has 1 fully saturated rings. The molecule has 2 rings (SSSR count). The minimum atomic E-state index is 0.122. The van der Waals surface area contributed by atoms with Crippen LogP contribution in [0.5, 0.6) is 0 Å². The summed E-state index contributed by atoms with van der Waals surface area (Å²) in [6, 6.07) is 0. The van der Waals surface area contributed by atoms with E-state index in [2.05, 4.69) is 31.2 Å². The van der Waals surface area contributed by atoms with E-state index in [9.17, 15) is 0 Å². The van der Waals surface area contributed by atoms with Crippen molar-refractivity contribution in [3.05, 3.63) is 16.4 Å². The quantitative estimate of drug-likeness (QED) is 0.928. The Morgan fingerprint density at radius 3 is 2.43 bits per heavy atom.